The topological polar surface area (TPSA) is 68.2 Å². The molecule has 0 aliphatic heterocycles. The molecule has 0 aliphatic carbocycles. The molecule has 6 nitrogen and oxygen atoms in total. The maximum atomic E-state index is 13.9. The Morgan fingerprint density at radius 3 is 2.53 bits per heavy atom. The number of thiocarbonyl (C=S) groups is 1. The Kier molecular flexibility index (Phi) is 6.73. The highest BCUT2D eigenvalue weighted by atomic mass is 35.5. The van der Waals surface area contributed by atoms with Crippen molar-refractivity contribution in [2.24, 2.45) is 0 Å². The molecule has 0 amide bonds. The van der Waals surface area contributed by atoms with Crippen LogP contribution in [0.25, 0.3) is 10.1 Å². The van der Waals surface area contributed by atoms with E-state index in [1.165, 1.54) is 30.7 Å². The minimum absolute atomic E-state index is 0.145. The Bertz CT molecular complexity index is 1410. The molecule has 2 heterocycles. The fourth-order valence-corrected chi connectivity index (χ4v) is 4.77. The number of halogens is 5. The molecule has 34 heavy (non-hydrogen) atoms. The van der Waals surface area contributed by atoms with Gasteiger partial charge in [0.05, 0.1) is 24.2 Å². The molecule has 0 aliphatic rings. The molecule has 2 N–H and O–H groups in total. The summed E-state index contributed by atoms with van der Waals surface area (Å²) in [5.74, 6) is -6.27. The van der Waals surface area contributed by atoms with Crippen LogP contribution in [0.3, 0.4) is 0 Å². The van der Waals surface area contributed by atoms with E-state index in [1.54, 1.807) is 18.2 Å². The predicted octanol–water partition coefficient (Wildman–Crippen LogP) is 5.95. The number of nitrogens with zero attached hydrogens (tertiary/aromatic N) is 2. The number of anilines is 2. The molecule has 4 rings (SSSR count). The Morgan fingerprint density at radius 1 is 1.15 bits per heavy atom. The Labute approximate surface area is 204 Å². The molecule has 13 heteroatoms. The molecule has 0 radical (unpaired) electrons. The minimum atomic E-state index is -1.49. The molecule has 0 fully saturated rings. The molecule has 0 saturated heterocycles. The summed E-state index contributed by atoms with van der Waals surface area (Å²) < 4.78 is 61.1. The summed E-state index contributed by atoms with van der Waals surface area (Å²) in [6.07, 6.45) is 1.36. The van der Waals surface area contributed by atoms with Crippen LogP contribution in [0.5, 0.6) is 0 Å². The van der Waals surface area contributed by atoms with Gasteiger partial charge in [-0.2, -0.15) is 5.10 Å². The first-order valence-electron chi connectivity index (χ1n) is 9.41. The predicted molar refractivity (Wildman–Crippen MR) is 126 cm³/mol. The van der Waals surface area contributed by atoms with Crippen LogP contribution >= 0.6 is 35.2 Å². The van der Waals surface area contributed by atoms with Crippen LogP contribution in [0.2, 0.25) is 5.02 Å². The smallest absolute Gasteiger partial charge is 0.349 e. The lowest BCUT2D eigenvalue weighted by Crippen LogP contribution is -2.19. The quantitative estimate of drug-likeness (QED) is 0.144. The van der Waals surface area contributed by atoms with Gasteiger partial charge in [0.25, 0.3) is 0 Å². The third-order valence-electron chi connectivity index (χ3n) is 4.66. The van der Waals surface area contributed by atoms with Crippen LogP contribution in [-0.2, 0) is 11.3 Å². The zero-order valence-corrected chi connectivity index (χ0v) is 19.5. The second-order valence-electron chi connectivity index (χ2n) is 6.87. The van der Waals surface area contributed by atoms with E-state index >= 15 is 0 Å². The average Bonchev–Trinajstić information content (AvgIpc) is 3.38. The van der Waals surface area contributed by atoms with Crippen molar-refractivity contribution in [1.82, 2.24) is 9.78 Å². The minimum Gasteiger partial charge on any atom is -0.465 e. The number of aromatic nitrogens is 2. The maximum absolute atomic E-state index is 13.9. The van der Waals surface area contributed by atoms with Gasteiger partial charge < -0.3 is 15.4 Å². The van der Waals surface area contributed by atoms with E-state index in [4.69, 9.17) is 28.6 Å². The summed E-state index contributed by atoms with van der Waals surface area (Å²) in [5, 5.41) is 10.9. The van der Waals surface area contributed by atoms with E-state index in [9.17, 15) is 22.4 Å². The van der Waals surface area contributed by atoms with Gasteiger partial charge >= 0.3 is 5.97 Å². The number of rotatable bonds is 5. The number of hydrogen-bond donors (Lipinski definition) is 2. The van der Waals surface area contributed by atoms with Crippen LogP contribution in [0.4, 0.5) is 29.1 Å². The summed E-state index contributed by atoms with van der Waals surface area (Å²) in [4.78, 5) is 12.1. The number of fused-ring (bicyclic) bond motifs is 1. The fourth-order valence-electron chi connectivity index (χ4n) is 3.09. The number of carbonyl (C=O) groups excluding carboxylic acids is 1. The number of ether oxygens (including phenoxy) is 1. The van der Waals surface area contributed by atoms with Gasteiger partial charge in [-0.1, -0.05) is 11.6 Å². The summed E-state index contributed by atoms with van der Waals surface area (Å²) in [6, 6.07) is 6.78. The highest BCUT2D eigenvalue weighted by molar-refractivity contribution is 7.80. The summed E-state index contributed by atoms with van der Waals surface area (Å²) >= 11 is 12.7. The Hall–Kier alpha value is -3.22. The molecule has 2 aromatic carbocycles. The number of carbonyl (C=O) groups is 1. The van der Waals surface area contributed by atoms with Crippen molar-refractivity contribution in [3.63, 3.8) is 0 Å². The van der Waals surface area contributed by atoms with Crippen molar-refractivity contribution in [2.75, 3.05) is 17.7 Å². The highest BCUT2D eigenvalue weighted by Crippen LogP contribution is 2.37. The van der Waals surface area contributed by atoms with Gasteiger partial charge in [0, 0.05) is 34.1 Å². The van der Waals surface area contributed by atoms with E-state index in [2.05, 4.69) is 15.7 Å². The van der Waals surface area contributed by atoms with Crippen LogP contribution in [-0.4, -0.2) is 28.0 Å². The van der Waals surface area contributed by atoms with Gasteiger partial charge in [0.2, 0.25) is 0 Å². The van der Waals surface area contributed by atoms with E-state index in [0.717, 1.165) is 9.38 Å². The standard InChI is InChI=1S/C21H13ClF4N4O2S2/c1-32-20(31)19-16(22)10-3-2-9(6-14(10)34-19)27-21(33)28-15-4-5-30(29-15)8-11-17(25)12(23)7-13(24)18(11)26/h2-7H,8H2,1H3,(H2,27,28,29,33). The van der Waals surface area contributed by atoms with Crippen LogP contribution in [0.1, 0.15) is 15.2 Å². The van der Waals surface area contributed by atoms with Crippen molar-refractivity contribution in [3.8, 4) is 0 Å². The van der Waals surface area contributed by atoms with Crippen LogP contribution in [0.15, 0.2) is 36.5 Å². The second-order valence-corrected chi connectivity index (χ2v) is 8.71. The average molecular weight is 529 g/mol. The Morgan fingerprint density at radius 2 is 1.85 bits per heavy atom. The van der Waals surface area contributed by atoms with E-state index < -0.39 is 41.3 Å². The largest absolute Gasteiger partial charge is 0.465 e. The van der Waals surface area contributed by atoms with E-state index in [0.29, 0.717) is 16.1 Å². The highest BCUT2D eigenvalue weighted by Gasteiger charge is 2.20. The maximum Gasteiger partial charge on any atom is 0.349 e. The van der Waals surface area contributed by atoms with Gasteiger partial charge in [-0.3, -0.25) is 4.68 Å². The molecule has 0 bridgehead atoms. The lowest BCUT2D eigenvalue weighted by molar-refractivity contribution is 0.0606. The number of benzene rings is 2. The first kappa shape index (κ1) is 23.9. The van der Waals surface area contributed by atoms with E-state index in [-0.39, 0.29) is 21.9 Å². The van der Waals surface area contributed by atoms with Crippen molar-refractivity contribution < 1.29 is 27.1 Å². The van der Waals surface area contributed by atoms with Crippen LogP contribution < -0.4 is 10.6 Å². The number of methoxy groups -OCH3 is 1. The number of thiophene rings is 1. The molecule has 0 atom stereocenters. The normalized spacial score (nSPS) is 11.0. The first-order chi connectivity index (χ1) is 16.2. The third-order valence-corrected chi connectivity index (χ3v) is 6.50. The molecule has 2 aromatic heterocycles. The molecule has 0 unspecified atom stereocenters. The molecule has 0 saturated carbocycles. The van der Waals surface area contributed by atoms with Gasteiger partial charge in [-0.15, -0.1) is 11.3 Å². The molecule has 4 aromatic rings. The lowest BCUT2D eigenvalue weighted by Gasteiger charge is -2.09. The molecule has 176 valence electrons. The number of esters is 1. The third kappa shape index (κ3) is 4.69. The van der Waals surface area contributed by atoms with Crippen molar-refractivity contribution in [1.29, 1.82) is 0 Å². The molecular weight excluding hydrogens is 516 g/mol. The van der Waals surface area contributed by atoms with Gasteiger partial charge in [-0.05, 0) is 30.4 Å². The SMILES string of the molecule is COC(=O)c1sc2cc(NC(=S)Nc3ccn(Cc4c(F)c(F)cc(F)c4F)n3)ccc2c1Cl. The second kappa shape index (κ2) is 9.57. The zero-order chi connectivity index (χ0) is 24.6. The first-order valence-corrected chi connectivity index (χ1v) is 11.0. The fraction of sp³-hybridized carbons (Fsp3) is 0.0952. The zero-order valence-electron chi connectivity index (χ0n) is 17.1. The summed E-state index contributed by atoms with van der Waals surface area (Å²) in [5.41, 5.74) is -0.194. The number of nitrogens with one attached hydrogen (secondary N) is 2. The Balaban J connectivity index is 1.46. The summed E-state index contributed by atoms with van der Waals surface area (Å²) in [6.45, 7) is -0.535. The number of hydrogen-bond acceptors (Lipinski definition) is 5. The van der Waals surface area contributed by atoms with Crippen molar-refractivity contribution in [3.05, 3.63) is 75.3 Å². The van der Waals surface area contributed by atoms with E-state index in [1.807, 2.05) is 0 Å². The summed E-state index contributed by atoms with van der Waals surface area (Å²) in [7, 11) is 1.27. The monoisotopic (exact) mass is 528 g/mol. The lowest BCUT2D eigenvalue weighted by atomic mass is 10.2. The van der Waals surface area contributed by atoms with Gasteiger partial charge in [0.1, 0.15) is 4.88 Å². The van der Waals surface area contributed by atoms with Gasteiger partial charge in [0.15, 0.2) is 34.2 Å². The van der Waals surface area contributed by atoms with Crippen LogP contribution in [0, 0.1) is 23.3 Å². The molecule has 0 spiro atoms. The van der Waals surface area contributed by atoms with Gasteiger partial charge in [-0.25, -0.2) is 22.4 Å². The molecular formula is C21H13ClF4N4O2S2. The van der Waals surface area contributed by atoms with Crippen molar-refractivity contribution in [2.45, 2.75) is 6.54 Å². The van der Waals surface area contributed by atoms with Crippen molar-refractivity contribution >= 4 is 67.8 Å².